The molecule has 2 saturated heterocycles. The quantitative estimate of drug-likeness (QED) is 0.768. The van der Waals surface area contributed by atoms with E-state index in [0.29, 0.717) is 0 Å². The molecule has 0 aromatic heterocycles. The van der Waals surface area contributed by atoms with Crippen molar-refractivity contribution in [2.24, 2.45) is 5.92 Å². The Kier molecular flexibility index (Phi) is 3.47. The van der Waals surface area contributed by atoms with Crippen LogP contribution in [0.1, 0.15) is 77.6 Å². The molecule has 1 heteroatoms. The van der Waals surface area contributed by atoms with Crippen LogP contribution in [0.5, 0.6) is 0 Å². The maximum Gasteiger partial charge on any atom is 0.101 e. The van der Waals surface area contributed by atoms with Crippen molar-refractivity contribution in [3.63, 3.8) is 0 Å². The topological polar surface area (TPSA) is 4.44 Å². The zero-order valence-electron chi connectivity index (χ0n) is 11.6. The number of hydrogen-bond acceptors (Lipinski definition) is 0. The highest BCUT2D eigenvalue weighted by atomic mass is 15.3. The molecule has 2 heterocycles. The van der Waals surface area contributed by atoms with Crippen molar-refractivity contribution in [1.82, 2.24) is 0 Å². The van der Waals surface area contributed by atoms with Gasteiger partial charge in [-0.2, -0.15) is 0 Å². The van der Waals surface area contributed by atoms with Crippen LogP contribution in [0.15, 0.2) is 0 Å². The number of piperidine rings is 1. The number of unbranched alkanes of at least 4 members (excludes halogenated alkanes) is 1. The van der Waals surface area contributed by atoms with Crippen molar-refractivity contribution in [2.45, 2.75) is 89.1 Å². The van der Waals surface area contributed by atoms with Gasteiger partial charge in [0.15, 0.2) is 0 Å². The molecule has 4 atom stereocenters. The Bertz CT molecular complexity index is 262. The van der Waals surface area contributed by atoms with E-state index in [1.165, 1.54) is 45.1 Å². The molecule has 1 saturated carbocycles. The van der Waals surface area contributed by atoms with Crippen LogP contribution in [0.25, 0.3) is 0 Å². The van der Waals surface area contributed by atoms with Gasteiger partial charge in [0.1, 0.15) is 5.54 Å². The van der Waals surface area contributed by atoms with Crippen LogP contribution in [0.4, 0.5) is 0 Å². The van der Waals surface area contributed by atoms with Gasteiger partial charge in [0.2, 0.25) is 0 Å². The fraction of sp³-hybridized carbons (Fsp3) is 1.00. The summed E-state index contributed by atoms with van der Waals surface area (Å²) in [5.74, 6) is 1.10. The summed E-state index contributed by atoms with van der Waals surface area (Å²) in [6.45, 7) is 3.85. The smallest absolute Gasteiger partial charge is 0.101 e. The van der Waals surface area contributed by atoms with Crippen molar-refractivity contribution < 1.29 is 4.90 Å². The predicted octanol–water partition coefficient (Wildman–Crippen LogP) is 2.95. The molecule has 2 aliphatic heterocycles. The van der Waals surface area contributed by atoms with E-state index < -0.39 is 0 Å². The Labute approximate surface area is 107 Å². The lowest BCUT2D eigenvalue weighted by molar-refractivity contribution is -0.975. The van der Waals surface area contributed by atoms with Gasteiger partial charge in [-0.1, -0.05) is 19.8 Å². The van der Waals surface area contributed by atoms with Gasteiger partial charge in [-0.15, -0.1) is 0 Å². The van der Waals surface area contributed by atoms with Crippen LogP contribution in [-0.2, 0) is 0 Å². The van der Waals surface area contributed by atoms with Gasteiger partial charge in [-0.25, -0.2) is 0 Å². The van der Waals surface area contributed by atoms with Gasteiger partial charge < -0.3 is 4.90 Å². The molecule has 1 nitrogen and oxygen atoms in total. The van der Waals surface area contributed by atoms with E-state index >= 15 is 0 Å². The maximum absolute atomic E-state index is 2.35. The first kappa shape index (κ1) is 12.0. The SMILES string of the molecule is CCCC[C@@H]1CC[C@@H]2CCCC[C@]23CCC[NH+]13. The molecule has 0 aromatic rings. The molecule has 0 aromatic carbocycles. The minimum atomic E-state index is 0.773. The van der Waals surface area contributed by atoms with Crippen molar-refractivity contribution >= 4 is 0 Å². The van der Waals surface area contributed by atoms with E-state index in [1.54, 1.807) is 32.1 Å². The van der Waals surface area contributed by atoms with E-state index in [4.69, 9.17) is 0 Å². The third kappa shape index (κ3) is 1.95. The monoisotopic (exact) mass is 236 g/mol. The summed E-state index contributed by atoms with van der Waals surface area (Å²) < 4.78 is 0. The fourth-order valence-electron chi connectivity index (χ4n) is 5.44. The van der Waals surface area contributed by atoms with Gasteiger partial charge >= 0.3 is 0 Å². The molecule has 0 bridgehead atoms. The van der Waals surface area contributed by atoms with Crippen molar-refractivity contribution in [2.75, 3.05) is 6.54 Å². The minimum Gasteiger partial charge on any atom is -0.327 e. The van der Waals surface area contributed by atoms with Gasteiger partial charge in [0.25, 0.3) is 0 Å². The zero-order valence-corrected chi connectivity index (χ0v) is 11.6. The highest BCUT2D eigenvalue weighted by molar-refractivity contribution is 4.96. The number of hydrogen-bond donors (Lipinski definition) is 1. The lowest BCUT2D eigenvalue weighted by atomic mass is 9.66. The standard InChI is InChI=1S/C16H29N/c1-2-3-8-15-10-9-14-7-4-5-11-16(14)12-6-13-17(15)16/h14-15H,2-13H2,1H3/p+1/t14-,15+,16-/m0/s1. The summed E-state index contributed by atoms with van der Waals surface area (Å²) >= 11 is 0. The first-order valence-corrected chi connectivity index (χ1v) is 8.23. The molecule has 3 aliphatic rings. The van der Waals surface area contributed by atoms with Crippen LogP contribution in [-0.4, -0.2) is 18.1 Å². The number of nitrogens with one attached hydrogen (secondary N) is 1. The zero-order chi connectivity index (χ0) is 11.7. The Morgan fingerprint density at radius 2 is 1.94 bits per heavy atom. The van der Waals surface area contributed by atoms with Gasteiger partial charge in [-0.3, -0.25) is 0 Å². The Hall–Kier alpha value is -0.0400. The van der Waals surface area contributed by atoms with E-state index in [2.05, 4.69) is 11.8 Å². The molecular formula is C16H30N+. The molecule has 17 heavy (non-hydrogen) atoms. The summed E-state index contributed by atoms with van der Waals surface area (Å²) in [7, 11) is 0. The molecule has 0 radical (unpaired) electrons. The largest absolute Gasteiger partial charge is 0.327 e. The second kappa shape index (κ2) is 4.91. The van der Waals surface area contributed by atoms with Crippen LogP contribution >= 0.6 is 0 Å². The van der Waals surface area contributed by atoms with Crippen molar-refractivity contribution in [3.05, 3.63) is 0 Å². The van der Waals surface area contributed by atoms with Gasteiger partial charge in [0, 0.05) is 25.2 Å². The van der Waals surface area contributed by atoms with Gasteiger partial charge in [0.05, 0.1) is 12.6 Å². The van der Waals surface area contributed by atoms with Crippen LogP contribution in [0.2, 0.25) is 0 Å². The highest BCUT2D eigenvalue weighted by Gasteiger charge is 2.56. The van der Waals surface area contributed by atoms with Crippen LogP contribution < -0.4 is 4.90 Å². The fourth-order valence-corrected chi connectivity index (χ4v) is 5.44. The summed E-state index contributed by atoms with van der Waals surface area (Å²) in [6, 6.07) is 1.03. The van der Waals surface area contributed by atoms with E-state index in [9.17, 15) is 0 Å². The molecular weight excluding hydrogens is 206 g/mol. The minimum absolute atomic E-state index is 0.773. The average Bonchev–Trinajstić information content (AvgIpc) is 2.79. The van der Waals surface area contributed by atoms with Crippen molar-refractivity contribution in [1.29, 1.82) is 0 Å². The molecule has 1 spiro atoms. The number of rotatable bonds is 3. The van der Waals surface area contributed by atoms with E-state index in [1.807, 2.05) is 0 Å². The Morgan fingerprint density at radius 3 is 2.82 bits per heavy atom. The third-order valence-electron chi connectivity index (χ3n) is 6.18. The average molecular weight is 236 g/mol. The predicted molar refractivity (Wildman–Crippen MR) is 72.3 cm³/mol. The molecule has 0 amide bonds. The lowest BCUT2D eigenvalue weighted by Crippen LogP contribution is -3.23. The summed E-state index contributed by atoms with van der Waals surface area (Å²) in [5, 5.41) is 0. The normalized spacial score (nSPS) is 45.4. The van der Waals surface area contributed by atoms with Gasteiger partial charge in [-0.05, 0) is 38.5 Å². The first-order chi connectivity index (χ1) is 8.37. The van der Waals surface area contributed by atoms with Crippen LogP contribution in [0.3, 0.4) is 0 Å². The molecule has 1 aliphatic carbocycles. The second-order valence-corrected chi connectivity index (χ2v) is 6.89. The summed E-state index contributed by atoms with van der Waals surface area (Å²) in [6.07, 6.45) is 16.7. The maximum atomic E-state index is 2.35. The summed E-state index contributed by atoms with van der Waals surface area (Å²) in [5.41, 5.74) is 0.773. The highest BCUT2D eigenvalue weighted by Crippen LogP contribution is 2.42. The second-order valence-electron chi connectivity index (χ2n) is 6.89. The molecule has 1 unspecified atom stereocenters. The molecule has 3 rings (SSSR count). The summed E-state index contributed by atoms with van der Waals surface area (Å²) in [4.78, 5) is 2.07. The Morgan fingerprint density at radius 1 is 1.06 bits per heavy atom. The molecule has 3 fully saturated rings. The third-order valence-corrected chi connectivity index (χ3v) is 6.18. The first-order valence-electron chi connectivity index (χ1n) is 8.23. The number of quaternary nitrogens is 1. The molecule has 1 N–H and O–H groups in total. The lowest BCUT2D eigenvalue weighted by Gasteiger charge is -2.51. The van der Waals surface area contributed by atoms with E-state index in [0.717, 1.165) is 17.5 Å². The van der Waals surface area contributed by atoms with Crippen molar-refractivity contribution in [3.8, 4) is 0 Å². The van der Waals surface area contributed by atoms with E-state index in [-0.39, 0.29) is 0 Å². The van der Waals surface area contributed by atoms with Crippen LogP contribution in [0, 0.1) is 5.92 Å². The molecule has 98 valence electrons. The Balaban J connectivity index is 1.76.